The van der Waals surface area contributed by atoms with E-state index in [0.29, 0.717) is 5.56 Å². The van der Waals surface area contributed by atoms with Crippen LogP contribution in [0.3, 0.4) is 0 Å². The van der Waals surface area contributed by atoms with E-state index in [1.807, 2.05) is 0 Å². The van der Waals surface area contributed by atoms with Gasteiger partial charge in [0.1, 0.15) is 0 Å². The Bertz CT molecular complexity index is 1660. The summed E-state index contributed by atoms with van der Waals surface area (Å²) in [5.74, 6) is -42.2. The fourth-order valence-corrected chi connectivity index (χ4v) is 10.5. The molecule has 0 bridgehead atoms. The Morgan fingerprint density at radius 3 is 1.21 bits per heavy atom. The zero-order chi connectivity index (χ0) is 35.9. The summed E-state index contributed by atoms with van der Waals surface area (Å²) in [5.41, 5.74) is -8.27. The van der Waals surface area contributed by atoms with Crippen LogP contribution in [0.1, 0.15) is 5.56 Å². The van der Waals surface area contributed by atoms with Crippen LogP contribution in [-0.2, 0) is 13.7 Å². The number of hydrogen-bond acceptors (Lipinski definition) is 3. The van der Waals surface area contributed by atoms with Crippen molar-refractivity contribution in [2.75, 3.05) is 0 Å². The topological polar surface area (TPSA) is 43.4 Å². The summed E-state index contributed by atoms with van der Waals surface area (Å²) >= 11 is 0. The van der Waals surface area contributed by atoms with Gasteiger partial charge in [-0.1, -0.05) is 54.1 Å². The van der Waals surface area contributed by atoms with Crippen LogP contribution in [0.2, 0.25) is 0 Å². The van der Waals surface area contributed by atoms with E-state index in [2.05, 4.69) is 3.63 Å². The molecule has 1 aliphatic carbocycles. The maximum Gasteiger partial charge on any atom is 0.457 e. The van der Waals surface area contributed by atoms with Crippen LogP contribution >= 0.6 is 10.3 Å². The normalized spacial score (nSPS) is 26.0. The summed E-state index contributed by atoms with van der Waals surface area (Å²) in [4.78, 5) is -1.56. The SMILES string of the molecule is Cc1ccc(S(OS(=O)(=O)C2(F)C(F)(F)C(F)(F)C(F)(C(F)(F)C(F)(F)F)C(F)(F)C2(F)F)(c2ccccc2)c2ccccc2)cc1. The molecule has 0 radical (unpaired) electrons. The van der Waals surface area contributed by atoms with Crippen LogP contribution < -0.4 is 0 Å². The summed E-state index contributed by atoms with van der Waals surface area (Å²) in [5, 5.41) is -7.91. The third kappa shape index (κ3) is 4.38. The minimum atomic E-state index is -8.66. The van der Waals surface area contributed by atoms with Crippen LogP contribution in [-0.4, -0.2) is 54.9 Å². The summed E-state index contributed by atoms with van der Waals surface area (Å²) < 4.78 is 250. The van der Waals surface area contributed by atoms with Gasteiger partial charge in [0, 0.05) is 14.7 Å². The fraction of sp³-hybridized carbons (Fsp3) is 0.333. The average Bonchev–Trinajstić information content (AvgIpc) is 2.98. The molecule has 1 saturated carbocycles. The molecule has 0 spiro atoms. The van der Waals surface area contributed by atoms with Crippen LogP contribution in [0.4, 0.5) is 65.9 Å². The Hall–Kier alpha value is -3.13. The van der Waals surface area contributed by atoms with Crippen LogP contribution in [0.25, 0.3) is 0 Å². The fourth-order valence-electron chi connectivity index (χ4n) is 4.80. The van der Waals surface area contributed by atoms with Gasteiger partial charge in [-0.25, -0.2) is 12.4 Å². The van der Waals surface area contributed by atoms with E-state index in [1.165, 1.54) is 31.2 Å². The quantitative estimate of drug-likeness (QED) is 0.227. The summed E-state index contributed by atoms with van der Waals surface area (Å²) in [6, 6.07) is 15.0. The predicted molar refractivity (Wildman–Crippen MR) is 135 cm³/mol. The monoisotopic (exact) mass is 738 g/mol. The number of benzene rings is 3. The zero-order valence-electron chi connectivity index (χ0n) is 22.8. The van der Waals surface area contributed by atoms with Gasteiger partial charge in [0.25, 0.3) is 0 Å². The lowest BCUT2D eigenvalue weighted by Gasteiger charge is -2.56. The second-order valence-corrected chi connectivity index (χ2v) is 14.7. The van der Waals surface area contributed by atoms with Gasteiger partial charge < -0.3 is 0 Å². The van der Waals surface area contributed by atoms with E-state index in [0.717, 1.165) is 60.7 Å². The number of rotatable bonds is 7. The Labute approximate surface area is 257 Å². The smallest absolute Gasteiger partial charge is 0.223 e. The van der Waals surface area contributed by atoms with Crippen molar-refractivity contribution < 1.29 is 77.9 Å². The molecule has 1 aliphatic rings. The molecule has 1 fully saturated rings. The third-order valence-electron chi connectivity index (χ3n) is 7.29. The van der Waals surface area contributed by atoms with Gasteiger partial charge in [-0.15, -0.1) is 0 Å². The first kappa shape index (κ1) is 36.7. The molecule has 260 valence electrons. The molecule has 47 heavy (non-hydrogen) atoms. The van der Waals surface area contributed by atoms with Crippen molar-refractivity contribution in [2.24, 2.45) is 0 Å². The molecule has 0 saturated heterocycles. The highest BCUT2D eigenvalue weighted by Crippen LogP contribution is 2.77. The lowest BCUT2D eigenvalue weighted by atomic mass is 9.69. The molecule has 0 amide bonds. The number of aryl methyl sites for hydroxylation is 1. The lowest BCUT2D eigenvalue weighted by molar-refractivity contribution is -0.493. The maximum atomic E-state index is 16.2. The van der Waals surface area contributed by atoms with E-state index in [-0.39, 0.29) is 0 Å². The van der Waals surface area contributed by atoms with E-state index >= 15 is 22.0 Å². The third-order valence-corrected chi connectivity index (χ3v) is 12.8. The lowest BCUT2D eigenvalue weighted by Crippen LogP contribution is -2.90. The number of alkyl halides is 15. The van der Waals surface area contributed by atoms with Gasteiger partial charge in [0.15, 0.2) is 0 Å². The summed E-state index contributed by atoms with van der Waals surface area (Å²) in [7, 11) is -12.7. The van der Waals surface area contributed by atoms with Crippen molar-refractivity contribution in [1.82, 2.24) is 0 Å². The molecule has 0 atom stereocenters. The first-order valence-corrected chi connectivity index (χ1v) is 15.4. The minimum Gasteiger partial charge on any atom is -0.223 e. The first-order valence-electron chi connectivity index (χ1n) is 12.5. The highest BCUT2D eigenvalue weighted by Gasteiger charge is 3.08. The molecule has 3 nitrogen and oxygen atoms in total. The molecular formula is C27H17F15O3S2. The molecule has 0 aromatic heterocycles. The highest BCUT2D eigenvalue weighted by atomic mass is 32.3. The van der Waals surface area contributed by atoms with Gasteiger partial charge in [0.05, 0.1) is 0 Å². The van der Waals surface area contributed by atoms with Crippen molar-refractivity contribution in [3.8, 4) is 0 Å². The van der Waals surface area contributed by atoms with Gasteiger partial charge in [0.2, 0.25) is 0 Å². The Balaban J connectivity index is 2.13. The number of halogens is 15. The van der Waals surface area contributed by atoms with Crippen molar-refractivity contribution in [3.63, 3.8) is 0 Å². The molecule has 0 N–H and O–H groups in total. The maximum absolute atomic E-state index is 16.2. The van der Waals surface area contributed by atoms with Crippen LogP contribution in [0, 0.1) is 6.92 Å². The Morgan fingerprint density at radius 1 is 0.532 bits per heavy atom. The molecule has 0 aliphatic heterocycles. The second kappa shape index (κ2) is 10.7. The van der Waals surface area contributed by atoms with E-state index in [1.54, 1.807) is 0 Å². The molecule has 4 rings (SSSR count). The van der Waals surface area contributed by atoms with E-state index < -0.39 is 81.6 Å². The van der Waals surface area contributed by atoms with Gasteiger partial charge in [-0.3, -0.25) is 0 Å². The molecular weight excluding hydrogens is 721 g/mol. The average molecular weight is 739 g/mol. The van der Waals surface area contributed by atoms with Crippen molar-refractivity contribution in [1.29, 1.82) is 0 Å². The standard InChI is InChI=1S/C27H17F15O3S2/c1-16-12-14-19(15-13-16)46(17-8-4-2-5-9-17,18-10-6-3-7-11-18)45-47(43,44)26(39)24(35,36)21(29,30)20(28,22(31,32)25(26,37)38)23(33,34)27(40,41)42/h2-15H,1H3. The Kier molecular flexibility index (Phi) is 8.34. The van der Waals surface area contributed by atoms with Crippen molar-refractivity contribution in [2.45, 2.75) is 68.1 Å². The summed E-state index contributed by atoms with van der Waals surface area (Å²) in [6.07, 6.45) is -8.00. The molecule has 3 aromatic rings. The van der Waals surface area contributed by atoms with Crippen molar-refractivity contribution >= 4 is 20.4 Å². The number of hydrogen-bond donors (Lipinski definition) is 0. The molecule has 20 heteroatoms. The molecule has 0 heterocycles. The van der Waals surface area contributed by atoms with E-state index in [4.69, 9.17) is 0 Å². The molecule has 0 unspecified atom stereocenters. The predicted octanol–water partition coefficient (Wildman–Crippen LogP) is 9.66. The summed E-state index contributed by atoms with van der Waals surface area (Å²) in [6.45, 7) is 1.45. The van der Waals surface area contributed by atoms with Gasteiger partial charge in [-0.2, -0.15) is 65.5 Å². The largest absolute Gasteiger partial charge is 0.457 e. The van der Waals surface area contributed by atoms with Gasteiger partial charge in [-0.05, 0) is 53.6 Å². The minimum absolute atomic E-state index is 0.391. The first-order chi connectivity index (χ1) is 21.2. The van der Waals surface area contributed by atoms with Gasteiger partial charge >= 0.3 is 56.6 Å². The second-order valence-electron chi connectivity index (χ2n) is 10.1. The van der Waals surface area contributed by atoms with Crippen LogP contribution in [0.15, 0.2) is 99.6 Å². The van der Waals surface area contributed by atoms with E-state index in [9.17, 15) is 52.3 Å². The van der Waals surface area contributed by atoms with Crippen molar-refractivity contribution in [3.05, 3.63) is 90.5 Å². The van der Waals surface area contributed by atoms with Crippen LogP contribution in [0.5, 0.6) is 0 Å². The molecule has 3 aromatic carbocycles. The Morgan fingerprint density at radius 2 is 0.872 bits per heavy atom. The highest BCUT2D eigenvalue weighted by molar-refractivity contribution is 8.33. The zero-order valence-corrected chi connectivity index (χ0v) is 24.4.